The van der Waals surface area contributed by atoms with Gasteiger partial charge in [0.15, 0.2) is 0 Å². The van der Waals surface area contributed by atoms with Crippen molar-refractivity contribution in [1.29, 1.82) is 0 Å². The van der Waals surface area contributed by atoms with E-state index in [4.69, 9.17) is 0 Å². The first-order valence-corrected chi connectivity index (χ1v) is 14.5. The van der Waals surface area contributed by atoms with Crippen molar-refractivity contribution in [3.05, 3.63) is 47.5 Å². The van der Waals surface area contributed by atoms with Gasteiger partial charge in [-0.3, -0.25) is 0 Å². The third-order valence-corrected chi connectivity index (χ3v) is 9.41. The lowest BCUT2D eigenvalue weighted by atomic mass is 9.69. The molecule has 0 radical (unpaired) electrons. The second kappa shape index (κ2) is 12.8. The molecule has 180 valence electrons. The van der Waals surface area contributed by atoms with Gasteiger partial charge in [-0.05, 0) is 123 Å². The van der Waals surface area contributed by atoms with Crippen LogP contribution in [0.4, 0.5) is 0 Å². The molecule has 0 N–H and O–H groups in total. The monoisotopic (exact) mass is 444 g/mol. The highest BCUT2D eigenvalue weighted by Crippen LogP contribution is 2.41. The zero-order chi connectivity index (χ0) is 22.9. The summed E-state index contributed by atoms with van der Waals surface area (Å²) in [5.74, 6) is 12.2. The molecule has 0 amide bonds. The molecule has 0 heterocycles. The van der Waals surface area contributed by atoms with E-state index in [0.717, 1.165) is 41.1 Å². The molecule has 4 rings (SSSR count). The van der Waals surface area contributed by atoms with Crippen LogP contribution in [0.15, 0.2) is 36.4 Å². The Morgan fingerprint density at radius 3 is 2.06 bits per heavy atom. The van der Waals surface area contributed by atoms with E-state index < -0.39 is 0 Å². The lowest BCUT2D eigenvalue weighted by molar-refractivity contribution is 0.160. The number of unbranched alkanes of at least 4 members (excludes halogenated alkanes) is 1. The lowest BCUT2D eigenvalue weighted by Gasteiger charge is -2.36. The maximum atomic E-state index is 3.37. The van der Waals surface area contributed by atoms with Crippen LogP contribution in [0.1, 0.15) is 127 Å². The summed E-state index contributed by atoms with van der Waals surface area (Å²) < 4.78 is 0. The summed E-state index contributed by atoms with van der Waals surface area (Å²) in [6, 6.07) is 9.18. The van der Waals surface area contributed by atoms with E-state index >= 15 is 0 Å². The van der Waals surface area contributed by atoms with Crippen LogP contribution in [0.3, 0.4) is 0 Å². The van der Waals surface area contributed by atoms with Crippen molar-refractivity contribution in [2.24, 2.45) is 29.6 Å². The zero-order valence-electron chi connectivity index (χ0n) is 21.5. The molecule has 3 aliphatic carbocycles. The summed E-state index contributed by atoms with van der Waals surface area (Å²) in [4.78, 5) is 0. The number of rotatable bonds is 6. The van der Waals surface area contributed by atoms with Crippen LogP contribution < -0.4 is 0 Å². The Morgan fingerprint density at radius 2 is 1.42 bits per heavy atom. The fourth-order valence-electron chi connectivity index (χ4n) is 6.99. The topological polar surface area (TPSA) is 0 Å². The summed E-state index contributed by atoms with van der Waals surface area (Å²) in [7, 11) is 0. The van der Waals surface area contributed by atoms with Crippen molar-refractivity contribution < 1.29 is 0 Å². The maximum absolute atomic E-state index is 3.37. The SMILES string of the molecule is CCCCC1CCC(c2ccc(C#C/C=C/C3CCC(C4CCC(C)CC4)CC3)cc2)CC1. The number of allylic oxidation sites excluding steroid dienone is 2. The first-order valence-electron chi connectivity index (χ1n) is 14.5. The minimum atomic E-state index is 0.757. The highest BCUT2D eigenvalue weighted by Gasteiger charge is 2.29. The third-order valence-electron chi connectivity index (χ3n) is 9.41. The van der Waals surface area contributed by atoms with E-state index in [2.05, 4.69) is 62.1 Å². The highest BCUT2D eigenvalue weighted by atomic mass is 14.3. The first kappa shape index (κ1) is 24.6. The van der Waals surface area contributed by atoms with E-state index in [9.17, 15) is 0 Å². The van der Waals surface area contributed by atoms with Crippen molar-refractivity contribution in [2.45, 2.75) is 116 Å². The summed E-state index contributed by atoms with van der Waals surface area (Å²) >= 11 is 0. The van der Waals surface area contributed by atoms with Gasteiger partial charge in [0, 0.05) is 5.56 Å². The molecule has 3 aliphatic rings. The predicted octanol–water partition coefficient (Wildman–Crippen LogP) is 9.69. The average Bonchev–Trinajstić information content (AvgIpc) is 2.87. The van der Waals surface area contributed by atoms with E-state index in [1.807, 2.05) is 0 Å². The Labute approximate surface area is 205 Å². The van der Waals surface area contributed by atoms with Crippen LogP contribution in [0.5, 0.6) is 0 Å². The molecular formula is C33H48. The summed E-state index contributed by atoms with van der Waals surface area (Å²) in [5.41, 5.74) is 2.70. The molecule has 0 bridgehead atoms. The minimum Gasteiger partial charge on any atom is -0.0730 e. The van der Waals surface area contributed by atoms with Gasteiger partial charge in [-0.25, -0.2) is 0 Å². The Bertz CT molecular complexity index is 764. The van der Waals surface area contributed by atoms with Gasteiger partial charge in [0.05, 0.1) is 0 Å². The van der Waals surface area contributed by atoms with Gasteiger partial charge < -0.3 is 0 Å². The first-order chi connectivity index (χ1) is 16.2. The van der Waals surface area contributed by atoms with Crippen molar-refractivity contribution in [3.63, 3.8) is 0 Å². The minimum absolute atomic E-state index is 0.757. The van der Waals surface area contributed by atoms with Gasteiger partial charge in [0.2, 0.25) is 0 Å². The fourth-order valence-corrected chi connectivity index (χ4v) is 6.99. The van der Waals surface area contributed by atoms with Crippen LogP contribution in [-0.4, -0.2) is 0 Å². The second-order valence-corrected chi connectivity index (χ2v) is 11.8. The Morgan fingerprint density at radius 1 is 0.788 bits per heavy atom. The molecule has 0 saturated heterocycles. The largest absolute Gasteiger partial charge is 0.0730 e. The Balaban J connectivity index is 1.18. The quantitative estimate of drug-likeness (QED) is 0.383. The molecule has 3 fully saturated rings. The van der Waals surface area contributed by atoms with Gasteiger partial charge >= 0.3 is 0 Å². The van der Waals surface area contributed by atoms with E-state index in [1.165, 1.54) is 102 Å². The third kappa shape index (κ3) is 7.50. The van der Waals surface area contributed by atoms with Crippen molar-refractivity contribution in [2.75, 3.05) is 0 Å². The molecule has 1 aromatic rings. The van der Waals surface area contributed by atoms with Gasteiger partial charge in [-0.15, -0.1) is 0 Å². The lowest BCUT2D eigenvalue weighted by Crippen LogP contribution is -2.24. The van der Waals surface area contributed by atoms with Gasteiger partial charge in [0.25, 0.3) is 0 Å². The van der Waals surface area contributed by atoms with Crippen LogP contribution in [-0.2, 0) is 0 Å². The molecular weight excluding hydrogens is 396 g/mol. The van der Waals surface area contributed by atoms with Crippen molar-refractivity contribution in [3.8, 4) is 11.8 Å². The van der Waals surface area contributed by atoms with Gasteiger partial charge in [0.1, 0.15) is 0 Å². The van der Waals surface area contributed by atoms with Crippen LogP contribution in [0, 0.1) is 41.4 Å². The molecule has 1 aromatic carbocycles. The van der Waals surface area contributed by atoms with Gasteiger partial charge in [-0.1, -0.05) is 76.0 Å². The molecule has 0 aliphatic heterocycles. The Hall–Kier alpha value is -1.48. The molecule has 3 saturated carbocycles. The fraction of sp³-hybridized carbons (Fsp3) is 0.697. The second-order valence-electron chi connectivity index (χ2n) is 11.8. The molecule has 0 nitrogen and oxygen atoms in total. The zero-order valence-corrected chi connectivity index (χ0v) is 21.5. The number of benzene rings is 1. The van der Waals surface area contributed by atoms with Crippen molar-refractivity contribution in [1.82, 2.24) is 0 Å². The van der Waals surface area contributed by atoms with E-state index in [-0.39, 0.29) is 0 Å². The van der Waals surface area contributed by atoms with E-state index in [0.29, 0.717) is 0 Å². The molecule has 0 unspecified atom stereocenters. The molecule has 0 aromatic heterocycles. The summed E-state index contributed by atoms with van der Waals surface area (Å²) in [6.07, 6.45) is 26.0. The maximum Gasteiger partial charge on any atom is 0.0249 e. The molecule has 0 atom stereocenters. The van der Waals surface area contributed by atoms with Crippen molar-refractivity contribution >= 4 is 0 Å². The van der Waals surface area contributed by atoms with Crippen LogP contribution in [0.25, 0.3) is 0 Å². The average molecular weight is 445 g/mol. The Kier molecular flexibility index (Phi) is 9.58. The van der Waals surface area contributed by atoms with E-state index in [1.54, 1.807) is 0 Å². The van der Waals surface area contributed by atoms with Crippen LogP contribution >= 0.6 is 0 Å². The highest BCUT2D eigenvalue weighted by molar-refractivity contribution is 5.39. The van der Waals surface area contributed by atoms with Gasteiger partial charge in [-0.2, -0.15) is 0 Å². The summed E-state index contributed by atoms with van der Waals surface area (Å²) in [6.45, 7) is 4.75. The smallest absolute Gasteiger partial charge is 0.0249 e. The molecule has 0 spiro atoms. The predicted molar refractivity (Wildman–Crippen MR) is 143 cm³/mol. The number of hydrogen-bond donors (Lipinski definition) is 0. The standard InChI is InChI=1S/C33H48/c1-3-4-7-27-12-20-32(21-13-27)33-24-16-29(17-25-33)9-6-5-8-28-14-22-31(23-15-28)30-18-10-26(2)11-19-30/h5,8,16-17,24-28,30-32H,3-4,7,10-15,18-23H2,1-2H3/b8-5+. The molecule has 33 heavy (non-hydrogen) atoms. The van der Waals surface area contributed by atoms with Crippen LogP contribution in [0.2, 0.25) is 0 Å². The number of hydrogen-bond acceptors (Lipinski definition) is 0. The summed E-state index contributed by atoms with van der Waals surface area (Å²) in [5, 5.41) is 0. The normalized spacial score (nSPS) is 32.9. The molecule has 0 heteroatoms.